The minimum atomic E-state index is -0.621. The van der Waals surface area contributed by atoms with Crippen molar-refractivity contribution in [2.24, 2.45) is 11.8 Å². The molecule has 11 nitrogen and oxygen atoms in total. The second-order valence-corrected chi connectivity index (χ2v) is 15.3. The zero-order chi connectivity index (χ0) is 36.0. The van der Waals surface area contributed by atoms with Gasteiger partial charge in [-0.3, -0.25) is 4.79 Å². The van der Waals surface area contributed by atoms with E-state index in [9.17, 15) is 14.9 Å². The first-order valence-corrected chi connectivity index (χ1v) is 18.4. The Balaban J connectivity index is 1.27. The topological polar surface area (TPSA) is 131 Å². The first-order valence-electron chi connectivity index (χ1n) is 17.7. The molecule has 5 atom stereocenters. The number of hydrogen-bond acceptors (Lipinski definition) is 8. The maximum Gasteiger partial charge on any atom is 0.377 e. The Bertz CT molecular complexity index is 2350. The van der Waals surface area contributed by atoms with Crippen LogP contribution in [0, 0.1) is 35.9 Å². The van der Waals surface area contributed by atoms with Gasteiger partial charge in [0.05, 0.1) is 46.9 Å². The van der Waals surface area contributed by atoms with Gasteiger partial charge in [-0.15, -0.1) is 5.10 Å². The number of rotatable bonds is 8. The van der Waals surface area contributed by atoms with E-state index in [-0.39, 0.29) is 58.8 Å². The summed E-state index contributed by atoms with van der Waals surface area (Å²) >= 11 is 13.1. The average molecular weight is 742 g/mol. The van der Waals surface area contributed by atoms with Gasteiger partial charge in [0.15, 0.2) is 5.82 Å². The van der Waals surface area contributed by atoms with Gasteiger partial charge in [0, 0.05) is 64.8 Å². The van der Waals surface area contributed by atoms with Gasteiger partial charge in [-0.1, -0.05) is 35.3 Å². The van der Waals surface area contributed by atoms with Gasteiger partial charge in [-0.2, -0.15) is 5.26 Å². The molecule has 0 spiro atoms. The number of esters is 1. The lowest BCUT2D eigenvalue weighted by Crippen LogP contribution is -2.41. The van der Waals surface area contributed by atoms with E-state index in [2.05, 4.69) is 32.1 Å². The number of methoxy groups -OCH3 is 1. The molecular formula is C38H35Cl2FN8O3. The van der Waals surface area contributed by atoms with Gasteiger partial charge >= 0.3 is 5.97 Å². The molecule has 2 bridgehead atoms. The Morgan fingerprint density at radius 2 is 2.00 bits per heavy atom. The van der Waals surface area contributed by atoms with Crippen molar-refractivity contribution in [1.29, 1.82) is 5.26 Å². The van der Waals surface area contributed by atoms with Crippen molar-refractivity contribution in [3.63, 3.8) is 0 Å². The van der Waals surface area contributed by atoms with E-state index in [0.29, 0.717) is 58.1 Å². The highest BCUT2D eigenvalue weighted by atomic mass is 35.5. The third-order valence-corrected chi connectivity index (χ3v) is 12.3. The van der Waals surface area contributed by atoms with Gasteiger partial charge in [0.1, 0.15) is 11.8 Å². The number of hydrogen-bond donors (Lipinski definition) is 1. The molecule has 2 aliphatic carbocycles. The van der Waals surface area contributed by atoms with Crippen LogP contribution in [0.4, 0.5) is 4.39 Å². The molecule has 1 N–H and O–H groups in total. The number of nitrogens with one attached hydrogen (secondary N) is 1. The summed E-state index contributed by atoms with van der Waals surface area (Å²) in [6.07, 6.45) is 5.33. The van der Waals surface area contributed by atoms with Crippen LogP contribution in [0.3, 0.4) is 0 Å². The molecule has 3 aromatic heterocycles. The summed E-state index contributed by atoms with van der Waals surface area (Å²) in [6, 6.07) is 11.3. The first kappa shape index (κ1) is 33.3. The SMILES string of the molecule is COC(=O)c1ncn(C2CC(c3cc4c(C)nc5c(F)c(-c6cccc(Cl)c6Cl)c(CCC#N)cc5c4n3C3C4CNC3C4)N(C(=O)C3CC3)C2)n1. The molecule has 0 radical (unpaired) electrons. The Morgan fingerprint density at radius 3 is 2.71 bits per heavy atom. The Morgan fingerprint density at radius 1 is 1.17 bits per heavy atom. The van der Waals surface area contributed by atoms with E-state index >= 15 is 4.39 Å². The molecular weight excluding hydrogens is 706 g/mol. The number of ether oxygens (including phenoxy) is 1. The predicted molar refractivity (Wildman–Crippen MR) is 192 cm³/mol. The van der Waals surface area contributed by atoms with Crippen LogP contribution in [0.15, 0.2) is 36.7 Å². The summed E-state index contributed by atoms with van der Waals surface area (Å²) in [5, 5.41) is 19.8. The number of pyridine rings is 1. The van der Waals surface area contributed by atoms with E-state index in [1.165, 1.54) is 13.4 Å². The summed E-state index contributed by atoms with van der Waals surface area (Å²) in [6.45, 7) is 3.19. The molecule has 3 aliphatic heterocycles. The van der Waals surface area contributed by atoms with Crippen molar-refractivity contribution in [2.45, 2.75) is 69.6 Å². The smallest absolute Gasteiger partial charge is 0.377 e. The normalized spacial score (nSPS) is 23.7. The van der Waals surface area contributed by atoms with Crippen molar-refractivity contribution in [3.8, 4) is 17.2 Å². The van der Waals surface area contributed by atoms with Crippen LogP contribution < -0.4 is 5.32 Å². The number of benzene rings is 2. The standard InChI is InChI=1S/C38H35Cl2FN8O3/c1-18-24-14-29(28-13-22(16-47(28)37(50)19-8-9-19)48-17-44-36(46-48)38(51)52-2)49(34-21-12-27(34)43-15-21)35(24)25-11-20(5-4-10-42)30(32(41)33(25)45-18)23-6-3-7-26(39)31(23)40/h3,6-7,11,14,17,19,21-22,27-28,34,43H,4-5,8-9,12-13,15-16H2,1-2H3. The molecule has 5 aromatic rings. The Hall–Kier alpha value is -4.57. The van der Waals surface area contributed by atoms with Crippen molar-refractivity contribution >= 4 is 56.9 Å². The minimum Gasteiger partial charge on any atom is -0.463 e. The highest BCUT2D eigenvalue weighted by Gasteiger charge is 2.51. The molecule has 14 heteroatoms. The number of nitriles is 1. The fourth-order valence-electron chi connectivity index (χ4n) is 8.83. The number of likely N-dealkylation sites (tertiary alicyclic amines) is 1. The number of halogens is 3. The van der Waals surface area contributed by atoms with Gasteiger partial charge in [-0.05, 0) is 68.7 Å². The van der Waals surface area contributed by atoms with Gasteiger partial charge < -0.3 is 19.5 Å². The number of aryl methyl sites for hydroxylation is 2. The van der Waals surface area contributed by atoms with E-state index in [4.69, 9.17) is 32.9 Å². The van der Waals surface area contributed by atoms with Crippen LogP contribution in [0.2, 0.25) is 10.0 Å². The molecule has 52 heavy (non-hydrogen) atoms. The van der Waals surface area contributed by atoms with Gasteiger partial charge in [0.25, 0.3) is 5.82 Å². The van der Waals surface area contributed by atoms with E-state index < -0.39 is 11.8 Å². The lowest BCUT2D eigenvalue weighted by Gasteiger charge is -2.39. The molecule has 5 unspecified atom stereocenters. The fourth-order valence-corrected chi connectivity index (χ4v) is 9.22. The van der Waals surface area contributed by atoms with Crippen LogP contribution in [0.25, 0.3) is 32.9 Å². The molecule has 10 rings (SSSR count). The molecule has 5 fully saturated rings. The second-order valence-electron chi connectivity index (χ2n) is 14.5. The average Bonchev–Trinajstić information content (AvgIpc) is 3.64. The Labute approximate surface area is 308 Å². The fraction of sp³-hybridized carbons (Fsp3) is 0.421. The molecule has 6 heterocycles. The molecule has 5 aliphatic rings. The largest absolute Gasteiger partial charge is 0.463 e. The third-order valence-electron chi connectivity index (χ3n) is 11.5. The van der Waals surface area contributed by atoms with Crippen molar-refractivity contribution in [2.75, 3.05) is 20.2 Å². The maximum absolute atomic E-state index is 17.2. The summed E-state index contributed by atoms with van der Waals surface area (Å²) < 4.78 is 26.1. The molecule has 1 amide bonds. The van der Waals surface area contributed by atoms with Crippen LogP contribution in [0.1, 0.15) is 77.8 Å². The maximum atomic E-state index is 17.2. The third kappa shape index (κ3) is 5.11. The van der Waals surface area contributed by atoms with Gasteiger partial charge in [0.2, 0.25) is 5.91 Å². The highest BCUT2D eigenvalue weighted by molar-refractivity contribution is 6.43. The number of aromatic nitrogens is 5. The highest BCUT2D eigenvalue weighted by Crippen LogP contribution is 2.52. The zero-order valence-corrected chi connectivity index (χ0v) is 30.1. The lowest BCUT2D eigenvalue weighted by atomic mass is 9.79. The lowest BCUT2D eigenvalue weighted by molar-refractivity contribution is -0.133. The number of amides is 1. The number of carbonyl (C=O) groups excluding carboxylic acids is 2. The number of fused-ring (bicyclic) bond motifs is 4. The molecule has 3 saturated heterocycles. The Kier molecular flexibility index (Phi) is 8.02. The quantitative estimate of drug-likeness (QED) is 0.170. The summed E-state index contributed by atoms with van der Waals surface area (Å²) in [5.74, 6) is -0.692. The van der Waals surface area contributed by atoms with Crippen molar-refractivity contribution in [1.82, 2.24) is 34.5 Å². The number of carbonyl (C=O) groups is 2. The van der Waals surface area contributed by atoms with Gasteiger partial charge in [-0.25, -0.2) is 23.8 Å². The summed E-state index contributed by atoms with van der Waals surface area (Å²) in [5.41, 5.74) is 4.13. The van der Waals surface area contributed by atoms with E-state index in [1.807, 2.05) is 17.9 Å². The van der Waals surface area contributed by atoms with Crippen LogP contribution >= 0.6 is 23.2 Å². The van der Waals surface area contributed by atoms with Crippen LogP contribution in [0.5, 0.6) is 0 Å². The summed E-state index contributed by atoms with van der Waals surface area (Å²) in [7, 11) is 1.29. The zero-order valence-electron chi connectivity index (χ0n) is 28.6. The van der Waals surface area contributed by atoms with Crippen molar-refractivity contribution in [3.05, 3.63) is 75.3 Å². The van der Waals surface area contributed by atoms with Crippen molar-refractivity contribution < 1.29 is 18.7 Å². The van der Waals surface area contributed by atoms with E-state index in [1.54, 1.807) is 22.9 Å². The first-order chi connectivity index (χ1) is 25.2. The van der Waals surface area contributed by atoms with E-state index in [0.717, 1.165) is 42.4 Å². The molecule has 2 aromatic carbocycles. The minimum absolute atomic E-state index is 0.0141. The molecule has 2 saturated carbocycles. The predicted octanol–water partition coefficient (Wildman–Crippen LogP) is 6.90. The number of nitrogens with zero attached hydrogens (tertiary/aromatic N) is 7. The van der Waals surface area contributed by atoms with Crippen LogP contribution in [-0.2, 0) is 16.0 Å². The summed E-state index contributed by atoms with van der Waals surface area (Å²) in [4.78, 5) is 37.3. The molecule has 266 valence electrons. The van der Waals surface area contributed by atoms with Crippen LogP contribution in [-0.4, -0.2) is 67.3 Å². The monoisotopic (exact) mass is 740 g/mol. The second kappa shape index (κ2) is 12.5.